The summed E-state index contributed by atoms with van der Waals surface area (Å²) in [6.45, 7) is 4.25. The second-order valence-corrected chi connectivity index (χ2v) is 3.08. The van der Waals surface area contributed by atoms with Crippen LogP contribution in [0.1, 0.15) is 20.3 Å². The van der Waals surface area contributed by atoms with Crippen LogP contribution in [0.5, 0.6) is 5.75 Å². The molecule has 1 nitrogen and oxygen atoms in total. The molecule has 2 rings (SSSR count). The number of rotatable bonds is 0. The number of fused-ring (bicyclic) bond motifs is 1. The zero-order valence-corrected chi connectivity index (χ0v) is 18.8. The van der Waals surface area contributed by atoms with Gasteiger partial charge in [-0.3, -0.25) is 0 Å². The first-order valence-electron chi connectivity index (χ1n) is 4.78. The largest absolute Gasteiger partial charge is 0.534 e. The van der Waals surface area contributed by atoms with Crippen molar-refractivity contribution < 1.29 is 103 Å². The van der Waals surface area contributed by atoms with E-state index in [2.05, 4.69) is 26.0 Å². The molecule has 0 aromatic heterocycles. The van der Waals surface area contributed by atoms with Crippen LogP contribution in [0.25, 0.3) is 10.8 Å². The summed E-state index contributed by atoms with van der Waals surface area (Å²) in [4.78, 5) is 0. The number of hydrogen-bond donors (Lipinski definition) is 1. The van der Waals surface area contributed by atoms with E-state index in [0.717, 1.165) is 10.8 Å². The van der Waals surface area contributed by atoms with Gasteiger partial charge in [-0.25, -0.2) is 0 Å². The summed E-state index contributed by atoms with van der Waals surface area (Å²) < 4.78 is 0. The summed E-state index contributed by atoms with van der Waals surface area (Å²) in [6, 6.07) is 14.7. The molecule has 0 amide bonds. The van der Waals surface area contributed by atoms with Gasteiger partial charge in [-0.2, -0.15) is 41.1 Å². The fraction of sp³-hybridized carbons (Fsp3) is 0.231. The fourth-order valence-corrected chi connectivity index (χ4v) is 1.05. The van der Waals surface area contributed by atoms with Crippen molar-refractivity contribution in [2.75, 3.05) is 0 Å². The molecule has 0 aliphatic carbocycles. The van der Waals surface area contributed by atoms with Gasteiger partial charge in [-0.1, -0.05) is 20.3 Å². The van der Waals surface area contributed by atoms with E-state index in [1.165, 1.54) is 6.42 Å². The molecular formula is C13H14OY3-2. The van der Waals surface area contributed by atoms with Gasteiger partial charge >= 0.3 is 0 Å². The molecule has 0 atom stereocenters. The Hall–Kier alpha value is 1.81. The molecule has 0 saturated heterocycles. The van der Waals surface area contributed by atoms with E-state index in [1.54, 1.807) is 12.1 Å². The van der Waals surface area contributed by atoms with Crippen molar-refractivity contribution in [1.82, 2.24) is 0 Å². The van der Waals surface area contributed by atoms with Gasteiger partial charge in [0.1, 0.15) is 0 Å². The maximum atomic E-state index is 9.06. The van der Waals surface area contributed by atoms with Gasteiger partial charge in [0.15, 0.2) is 0 Å². The number of phenols is 1. The summed E-state index contributed by atoms with van der Waals surface area (Å²) in [7, 11) is 0. The second-order valence-electron chi connectivity index (χ2n) is 3.08. The molecule has 17 heavy (non-hydrogen) atoms. The topological polar surface area (TPSA) is 20.2 Å². The van der Waals surface area contributed by atoms with Crippen LogP contribution < -0.4 is 0 Å². The molecule has 0 spiro atoms. The molecule has 0 aliphatic heterocycles. The van der Waals surface area contributed by atoms with Gasteiger partial charge < -0.3 is 5.11 Å². The smallest absolute Gasteiger partial charge is 0.00358 e. The van der Waals surface area contributed by atoms with Crippen LogP contribution in [0.4, 0.5) is 0 Å². The van der Waals surface area contributed by atoms with E-state index < -0.39 is 0 Å². The first kappa shape index (κ1) is 23.9. The van der Waals surface area contributed by atoms with E-state index >= 15 is 0 Å². The molecule has 0 aliphatic rings. The summed E-state index contributed by atoms with van der Waals surface area (Å²) >= 11 is 0. The van der Waals surface area contributed by atoms with Crippen molar-refractivity contribution in [3.05, 3.63) is 42.5 Å². The fourth-order valence-electron chi connectivity index (χ4n) is 1.05. The molecule has 0 unspecified atom stereocenters. The van der Waals surface area contributed by atoms with Crippen LogP contribution in [-0.4, -0.2) is 5.11 Å². The number of aromatic hydroxyl groups is 1. The predicted octanol–water partition coefficient (Wildman–Crippen LogP) is 3.55. The summed E-state index contributed by atoms with van der Waals surface area (Å²) in [5.74, 6) is 0.184. The molecule has 83 valence electrons. The molecular weight excluding hydrogens is 439 g/mol. The Morgan fingerprint density at radius 1 is 1.06 bits per heavy atom. The van der Waals surface area contributed by atoms with E-state index in [-0.39, 0.29) is 104 Å². The molecule has 0 fully saturated rings. The van der Waals surface area contributed by atoms with Gasteiger partial charge in [0.25, 0.3) is 0 Å². The van der Waals surface area contributed by atoms with Gasteiger partial charge in [0.2, 0.25) is 0 Å². The minimum Gasteiger partial charge on any atom is -0.534 e. The van der Waals surface area contributed by atoms with Crippen LogP contribution >= 0.6 is 0 Å². The third-order valence-electron chi connectivity index (χ3n) is 1.60. The van der Waals surface area contributed by atoms with Crippen molar-refractivity contribution in [2.24, 2.45) is 0 Å². The van der Waals surface area contributed by atoms with Crippen LogP contribution in [0.2, 0.25) is 0 Å². The molecule has 0 saturated carbocycles. The van der Waals surface area contributed by atoms with Crippen molar-refractivity contribution in [2.45, 2.75) is 20.3 Å². The Balaban J connectivity index is -0.000000300. The monoisotopic (exact) mass is 453 g/mol. The van der Waals surface area contributed by atoms with E-state index in [0.29, 0.717) is 0 Å². The molecule has 0 heterocycles. The van der Waals surface area contributed by atoms with Crippen molar-refractivity contribution in [3.63, 3.8) is 0 Å². The number of hydrogen-bond acceptors (Lipinski definition) is 1. The first-order valence-corrected chi connectivity index (χ1v) is 4.78. The summed E-state index contributed by atoms with van der Waals surface area (Å²) in [5, 5.41) is 11.1. The Kier molecular flexibility index (Phi) is 20.0. The second kappa shape index (κ2) is 14.2. The third-order valence-corrected chi connectivity index (χ3v) is 1.60. The zero-order valence-electron chi connectivity index (χ0n) is 10.3. The molecule has 3 radical (unpaired) electrons. The number of benzene rings is 2. The Bertz CT molecular complexity index is 405. The number of phenolic OH excluding ortho intramolecular Hbond substituents is 1. The molecule has 4 heteroatoms. The van der Waals surface area contributed by atoms with Gasteiger partial charge in [-0.15, -0.1) is 12.1 Å². The van der Waals surface area contributed by atoms with Crippen LogP contribution in [0, 0.1) is 12.1 Å². The Morgan fingerprint density at radius 2 is 1.65 bits per heavy atom. The molecule has 2 aromatic rings. The quantitative estimate of drug-likeness (QED) is 0.606. The van der Waals surface area contributed by atoms with Gasteiger partial charge in [-0.05, 0) is 0 Å². The van der Waals surface area contributed by atoms with Crippen molar-refractivity contribution in [3.8, 4) is 5.75 Å². The van der Waals surface area contributed by atoms with E-state index in [9.17, 15) is 0 Å². The van der Waals surface area contributed by atoms with Crippen molar-refractivity contribution in [1.29, 1.82) is 0 Å². The third kappa shape index (κ3) is 9.36. The molecule has 0 bridgehead atoms. The van der Waals surface area contributed by atoms with E-state index in [4.69, 9.17) is 5.11 Å². The normalized spacial score (nSPS) is 7.65. The van der Waals surface area contributed by atoms with Gasteiger partial charge in [0.05, 0.1) is 0 Å². The van der Waals surface area contributed by atoms with Crippen LogP contribution in [0.3, 0.4) is 0 Å². The Labute approximate surface area is 179 Å². The minimum absolute atomic E-state index is 0. The van der Waals surface area contributed by atoms with Crippen LogP contribution in [-0.2, 0) is 98.1 Å². The summed E-state index contributed by atoms with van der Waals surface area (Å²) in [6.07, 6.45) is 1.25. The average Bonchev–Trinajstić information content (AvgIpc) is 2.19. The van der Waals surface area contributed by atoms with Crippen LogP contribution in [0.15, 0.2) is 30.3 Å². The first-order chi connectivity index (χ1) is 6.77. The SMILES string of the molecule is CCC.Oc1[c-]cc2c[c-]ccc2c1.[Y].[Y].[Y]. The zero-order chi connectivity index (χ0) is 10.4. The maximum absolute atomic E-state index is 9.06. The molecule has 2 aromatic carbocycles. The van der Waals surface area contributed by atoms with E-state index in [1.807, 2.05) is 18.2 Å². The van der Waals surface area contributed by atoms with Crippen molar-refractivity contribution >= 4 is 10.8 Å². The Morgan fingerprint density at radius 3 is 2.24 bits per heavy atom. The maximum Gasteiger partial charge on any atom is 0.00358 e. The summed E-state index contributed by atoms with van der Waals surface area (Å²) in [5.41, 5.74) is 0. The standard InChI is InChI=1S/C10H6O.C3H8.3Y/c11-10-6-5-8-3-1-2-4-9(8)7-10;1-3-2;;;/h2-5,7,11H;3H2,1-2H3;;;/q-2;;;;. The molecule has 1 N–H and O–H groups in total. The predicted molar refractivity (Wildman–Crippen MR) is 59.2 cm³/mol. The minimum atomic E-state index is 0. The average molecular weight is 453 g/mol. The van der Waals surface area contributed by atoms with Gasteiger partial charge in [0, 0.05) is 104 Å².